The van der Waals surface area contributed by atoms with Gasteiger partial charge in [0.1, 0.15) is 17.3 Å². The maximum atomic E-state index is 15.1. The number of carbonyl (C=O) groups is 2. The number of hydrogen-bond acceptors (Lipinski definition) is 6. The van der Waals surface area contributed by atoms with E-state index in [0.29, 0.717) is 22.7 Å². The monoisotopic (exact) mass is 505 g/mol. The third-order valence-corrected chi connectivity index (χ3v) is 6.33. The smallest absolute Gasteiger partial charge is 0.340 e. The minimum Gasteiger partial charge on any atom is -0.497 e. The molecule has 0 spiro atoms. The van der Waals surface area contributed by atoms with E-state index in [2.05, 4.69) is 10.4 Å². The number of halogens is 1. The first-order valence-corrected chi connectivity index (χ1v) is 12.2. The third-order valence-electron chi connectivity index (χ3n) is 5.54. The molecule has 1 N–H and O–H groups in total. The molecule has 4 aromatic rings. The number of methoxy groups -OCH3 is 2. The lowest BCUT2D eigenvalue weighted by Gasteiger charge is -2.14. The van der Waals surface area contributed by atoms with Crippen LogP contribution >= 0.6 is 11.8 Å². The average molecular weight is 506 g/mol. The van der Waals surface area contributed by atoms with Crippen LogP contribution < -0.4 is 10.1 Å². The lowest BCUT2D eigenvalue weighted by atomic mass is 10.0. The zero-order valence-electron chi connectivity index (χ0n) is 20.2. The summed E-state index contributed by atoms with van der Waals surface area (Å²) in [6, 6.07) is 18.7. The van der Waals surface area contributed by atoms with Crippen molar-refractivity contribution >= 4 is 29.3 Å². The van der Waals surface area contributed by atoms with Gasteiger partial charge in [0.25, 0.3) is 5.91 Å². The number of carbonyl (C=O) groups excluding carboxylic acids is 2. The molecule has 0 aliphatic rings. The Labute approximate surface area is 212 Å². The van der Waals surface area contributed by atoms with Crippen LogP contribution in [0.15, 0.2) is 71.6 Å². The van der Waals surface area contributed by atoms with E-state index in [1.54, 1.807) is 43.0 Å². The van der Waals surface area contributed by atoms with Gasteiger partial charge in [-0.15, -0.1) is 11.8 Å². The number of nitrogens with zero attached hydrogens (tertiary/aromatic N) is 2. The molecule has 1 heterocycles. The number of esters is 1. The fraction of sp³-hybridized carbons (Fsp3) is 0.148. The minimum absolute atomic E-state index is 0.0266. The molecule has 1 amide bonds. The molecule has 0 aliphatic carbocycles. The maximum Gasteiger partial charge on any atom is 0.340 e. The van der Waals surface area contributed by atoms with Crippen molar-refractivity contribution in [3.05, 3.63) is 89.5 Å². The van der Waals surface area contributed by atoms with Crippen molar-refractivity contribution < 1.29 is 23.5 Å². The Bertz CT molecular complexity index is 1450. The highest BCUT2D eigenvalue weighted by Crippen LogP contribution is 2.32. The number of anilines is 1. The van der Waals surface area contributed by atoms with E-state index < -0.39 is 17.7 Å². The van der Waals surface area contributed by atoms with Crippen molar-refractivity contribution in [2.75, 3.05) is 25.8 Å². The minimum atomic E-state index is -0.615. The zero-order chi connectivity index (χ0) is 25.8. The fourth-order valence-electron chi connectivity index (χ4n) is 3.80. The van der Waals surface area contributed by atoms with Gasteiger partial charge in [0.05, 0.1) is 36.9 Å². The van der Waals surface area contributed by atoms with Gasteiger partial charge >= 0.3 is 5.97 Å². The Kier molecular flexibility index (Phi) is 7.40. The fourth-order valence-corrected chi connectivity index (χ4v) is 4.42. The van der Waals surface area contributed by atoms with E-state index in [9.17, 15) is 9.59 Å². The van der Waals surface area contributed by atoms with E-state index in [4.69, 9.17) is 9.47 Å². The number of ether oxygens (including phenoxy) is 2. The second kappa shape index (κ2) is 10.7. The van der Waals surface area contributed by atoms with Crippen molar-refractivity contribution in [1.29, 1.82) is 0 Å². The van der Waals surface area contributed by atoms with Crippen molar-refractivity contribution in [1.82, 2.24) is 9.78 Å². The number of hydrogen-bond donors (Lipinski definition) is 1. The molecular weight excluding hydrogens is 481 g/mol. The van der Waals surface area contributed by atoms with Crippen LogP contribution in [0.1, 0.15) is 26.5 Å². The molecule has 0 aliphatic heterocycles. The van der Waals surface area contributed by atoms with Gasteiger partial charge in [-0.05, 0) is 66.8 Å². The van der Waals surface area contributed by atoms with Gasteiger partial charge in [-0.25, -0.2) is 13.9 Å². The molecule has 7 nitrogen and oxygen atoms in total. The molecule has 1 aromatic heterocycles. The normalized spacial score (nSPS) is 10.7. The van der Waals surface area contributed by atoms with Gasteiger partial charge in [-0.1, -0.05) is 24.3 Å². The molecule has 0 bridgehead atoms. The molecule has 0 atom stereocenters. The Hall–Kier alpha value is -4.11. The van der Waals surface area contributed by atoms with Gasteiger partial charge in [-0.2, -0.15) is 5.10 Å². The average Bonchev–Trinajstić information content (AvgIpc) is 3.30. The summed E-state index contributed by atoms with van der Waals surface area (Å²) in [4.78, 5) is 26.7. The highest BCUT2D eigenvalue weighted by Gasteiger charge is 2.22. The Balaban J connectivity index is 1.68. The first-order chi connectivity index (χ1) is 17.4. The second-order valence-electron chi connectivity index (χ2n) is 7.81. The van der Waals surface area contributed by atoms with Crippen LogP contribution in [0.25, 0.3) is 16.8 Å². The van der Waals surface area contributed by atoms with E-state index in [-0.39, 0.29) is 16.9 Å². The van der Waals surface area contributed by atoms with E-state index in [1.807, 2.05) is 30.5 Å². The van der Waals surface area contributed by atoms with E-state index in [0.717, 1.165) is 10.5 Å². The summed E-state index contributed by atoms with van der Waals surface area (Å²) in [5.74, 6) is -1.33. The number of nitrogens with one attached hydrogen (secondary N) is 1. The van der Waals surface area contributed by atoms with Crippen LogP contribution in [-0.2, 0) is 4.74 Å². The molecule has 36 heavy (non-hydrogen) atoms. The molecule has 0 saturated heterocycles. The van der Waals surface area contributed by atoms with Crippen LogP contribution in [0, 0.1) is 12.7 Å². The van der Waals surface area contributed by atoms with Crippen molar-refractivity contribution in [3.63, 3.8) is 0 Å². The molecule has 0 fully saturated rings. The van der Waals surface area contributed by atoms with Crippen LogP contribution in [0.4, 0.5) is 10.1 Å². The quantitative estimate of drug-likeness (QED) is 0.254. The Morgan fingerprint density at radius 1 is 1.03 bits per heavy atom. The first kappa shape index (κ1) is 25.0. The van der Waals surface area contributed by atoms with Gasteiger partial charge in [0.15, 0.2) is 0 Å². The van der Waals surface area contributed by atoms with Gasteiger partial charge in [-0.3, -0.25) is 4.79 Å². The molecule has 3 aromatic carbocycles. The highest BCUT2D eigenvalue weighted by molar-refractivity contribution is 7.98. The summed E-state index contributed by atoms with van der Waals surface area (Å²) >= 11 is 1.57. The van der Waals surface area contributed by atoms with E-state index >= 15 is 4.39 Å². The molecule has 184 valence electrons. The van der Waals surface area contributed by atoms with Crippen LogP contribution in [-0.4, -0.2) is 42.1 Å². The molecule has 9 heteroatoms. The highest BCUT2D eigenvalue weighted by atomic mass is 32.2. The number of amides is 1. The summed E-state index contributed by atoms with van der Waals surface area (Å²) in [5, 5.41) is 7.00. The molecule has 4 rings (SSSR count). The number of thioether (sulfide) groups is 1. The molecule has 0 saturated carbocycles. The third kappa shape index (κ3) is 4.96. The lowest BCUT2D eigenvalue weighted by molar-refractivity contribution is 0.0599. The molecule has 0 unspecified atom stereocenters. The summed E-state index contributed by atoms with van der Waals surface area (Å²) < 4.78 is 26.5. The van der Waals surface area contributed by atoms with Crippen LogP contribution in [0.5, 0.6) is 5.75 Å². The lowest BCUT2D eigenvalue weighted by Crippen LogP contribution is -2.19. The summed E-state index contributed by atoms with van der Waals surface area (Å²) in [6.07, 6.45) is 1.96. The largest absolute Gasteiger partial charge is 0.497 e. The SMILES string of the molecule is COC(=O)c1cc(OC)ccc1-n1nc(C)cc1C(=O)Nc1ccc(-c2ccccc2SC)cc1F. The van der Waals surface area contributed by atoms with E-state index in [1.165, 1.54) is 37.1 Å². The standard InChI is InChI=1S/C27H24FN3O4S/c1-16-13-24(31(30-16)23-12-10-18(34-2)15-20(23)27(33)35-3)26(32)29-22-11-9-17(14-21(22)28)19-7-5-6-8-25(19)36-4/h5-15H,1-4H3,(H,29,32). The van der Waals surface area contributed by atoms with Crippen LogP contribution in [0.3, 0.4) is 0 Å². The number of aromatic nitrogens is 2. The number of aryl methyl sites for hydroxylation is 1. The number of rotatable bonds is 7. The summed E-state index contributed by atoms with van der Waals surface area (Å²) in [7, 11) is 2.74. The maximum absolute atomic E-state index is 15.1. The van der Waals surface area contributed by atoms with Crippen molar-refractivity contribution in [2.24, 2.45) is 0 Å². The predicted octanol–water partition coefficient (Wildman–Crippen LogP) is 5.76. The van der Waals surface area contributed by atoms with Gasteiger partial charge in [0.2, 0.25) is 0 Å². The first-order valence-electron chi connectivity index (χ1n) is 10.9. The summed E-state index contributed by atoms with van der Waals surface area (Å²) in [5.41, 5.74) is 2.79. The zero-order valence-corrected chi connectivity index (χ0v) is 21.0. The van der Waals surface area contributed by atoms with Crippen molar-refractivity contribution in [3.8, 4) is 22.6 Å². The second-order valence-corrected chi connectivity index (χ2v) is 8.65. The number of benzene rings is 3. The predicted molar refractivity (Wildman–Crippen MR) is 138 cm³/mol. The Morgan fingerprint density at radius 3 is 2.50 bits per heavy atom. The molecule has 0 radical (unpaired) electrons. The van der Waals surface area contributed by atoms with Gasteiger partial charge < -0.3 is 14.8 Å². The summed E-state index contributed by atoms with van der Waals surface area (Å²) in [6.45, 7) is 1.72. The molecular formula is C27H24FN3O4S. The Morgan fingerprint density at radius 2 is 1.81 bits per heavy atom. The van der Waals surface area contributed by atoms with Crippen LogP contribution in [0.2, 0.25) is 0 Å². The van der Waals surface area contributed by atoms with Crippen molar-refractivity contribution in [2.45, 2.75) is 11.8 Å². The topological polar surface area (TPSA) is 82.5 Å². The van der Waals surface area contributed by atoms with Gasteiger partial charge in [0, 0.05) is 4.90 Å².